The van der Waals surface area contributed by atoms with Gasteiger partial charge in [-0.05, 0) is 36.0 Å². The normalized spacial score (nSPS) is 10.8. The Bertz CT molecular complexity index is 565. The highest BCUT2D eigenvalue weighted by molar-refractivity contribution is 7.10. The number of hydrogen-bond acceptors (Lipinski definition) is 3. The molecule has 2 rings (SSSR count). The van der Waals surface area contributed by atoms with Crippen LogP contribution in [0, 0.1) is 6.92 Å². The first-order valence-corrected chi connectivity index (χ1v) is 8.13. The van der Waals surface area contributed by atoms with E-state index in [4.69, 9.17) is 0 Å². The van der Waals surface area contributed by atoms with E-state index in [-0.39, 0.29) is 5.91 Å². The van der Waals surface area contributed by atoms with Crippen LogP contribution in [0.25, 0.3) is 0 Å². The third kappa shape index (κ3) is 4.99. The molecule has 0 aliphatic carbocycles. The molecule has 0 aliphatic heterocycles. The molecule has 0 radical (unpaired) electrons. The van der Waals surface area contributed by atoms with Crippen molar-refractivity contribution in [3.63, 3.8) is 0 Å². The van der Waals surface area contributed by atoms with Gasteiger partial charge in [-0.2, -0.15) is 0 Å². The van der Waals surface area contributed by atoms with E-state index >= 15 is 0 Å². The van der Waals surface area contributed by atoms with Gasteiger partial charge in [-0.1, -0.05) is 37.3 Å². The van der Waals surface area contributed by atoms with E-state index in [0.717, 1.165) is 13.1 Å². The summed E-state index contributed by atoms with van der Waals surface area (Å²) in [6.07, 6.45) is 0. The molecule has 0 atom stereocenters. The smallest absolute Gasteiger partial charge is 0.234 e. The molecule has 0 unspecified atom stereocenters. The number of benzene rings is 1. The van der Waals surface area contributed by atoms with E-state index in [2.05, 4.69) is 47.6 Å². The topological polar surface area (TPSA) is 32.3 Å². The van der Waals surface area contributed by atoms with Crippen molar-refractivity contribution >= 4 is 17.2 Å². The van der Waals surface area contributed by atoms with Crippen molar-refractivity contribution in [2.45, 2.75) is 26.9 Å². The van der Waals surface area contributed by atoms with Gasteiger partial charge < -0.3 is 5.32 Å². The van der Waals surface area contributed by atoms with Crippen molar-refractivity contribution in [1.29, 1.82) is 0 Å². The summed E-state index contributed by atoms with van der Waals surface area (Å²) >= 11 is 1.69. The fourth-order valence-corrected chi connectivity index (χ4v) is 2.99. The number of hydrogen-bond donors (Lipinski definition) is 1. The first kappa shape index (κ1) is 15.7. The van der Waals surface area contributed by atoms with Crippen molar-refractivity contribution < 1.29 is 4.79 Å². The lowest BCUT2D eigenvalue weighted by atomic mass is 10.2. The monoisotopic (exact) mass is 302 g/mol. The standard InChI is InChI=1S/C17H22N2OS/c1-3-19(12-15-7-5-4-6-8-15)13-17(20)18-11-16-14(2)9-10-21-16/h4-10H,3,11-13H2,1-2H3,(H,18,20). The quantitative estimate of drug-likeness (QED) is 0.852. The maximum absolute atomic E-state index is 12.1. The predicted molar refractivity (Wildman–Crippen MR) is 88.3 cm³/mol. The van der Waals surface area contributed by atoms with Crippen LogP contribution >= 0.6 is 11.3 Å². The van der Waals surface area contributed by atoms with Crippen LogP contribution in [0.1, 0.15) is 22.9 Å². The summed E-state index contributed by atoms with van der Waals surface area (Å²) in [5.74, 6) is 0.0839. The van der Waals surface area contributed by atoms with Crippen LogP contribution in [0.3, 0.4) is 0 Å². The largest absolute Gasteiger partial charge is 0.350 e. The molecule has 4 heteroatoms. The molecule has 0 saturated heterocycles. The molecule has 0 spiro atoms. The molecule has 0 bridgehead atoms. The molecule has 2 aromatic rings. The molecule has 1 heterocycles. The second-order valence-corrected chi connectivity index (χ2v) is 6.09. The number of likely N-dealkylation sites (N-methyl/N-ethyl adjacent to an activating group) is 1. The third-order valence-corrected chi connectivity index (χ3v) is 4.50. The lowest BCUT2D eigenvalue weighted by Crippen LogP contribution is -2.36. The van der Waals surface area contributed by atoms with Gasteiger partial charge in [-0.15, -0.1) is 11.3 Å². The molecule has 1 aromatic carbocycles. The molecule has 21 heavy (non-hydrogen) atoms. The second-order valence-electron chi connectivity index (χ2n) is 5.09. The Morgan fingerprint density at radius 2 is 2.00 bits per heavy atom. The zero-order valence-electron chi connectivity index (χ0n) is 12.6. The van der Waals surface area contributed by atoms with E-state index in [1.165, 1.54) is 16.0 Å². The van der Waals surface area contributed by atoms with E-state index in [0.29, 0.717) is 13.1 Å². The van der Waals surface area contributed by atoms with Crippen molar-refractivity contribution in [3.05, 3.63) is 57.8 Å². The number of carbonyl (C=O) groups excluding carboxylic acids is 1. The van der Waals surface area contributed by atoms with Gasteiger partial charge in [-0.3, -0.25) is 9.69 Å². The zero-order valence-corrected chi connectivity index (χ0v) is 13.5. The molecular formula is C17H22N2OS. The summed E-state index contributed by atoms with van der Waals surface area (Å²) in [5, 5.41) is 5.07. The fourth-order valence-electron chi connectivity index (χ4n) is 2.14. The number of thiophene rings is 1. The van der Waals surface area contributed by atoms with Crippen LogP contribution in [0.2, 0.25) is 0 Å². The van der Waals surface area contributed by atoms with Crippen LogP contribution in [0.4, 0.5) is 0 Å². The minimum atomic E-state index is 0.0839. The van der Waals surface area contributed by atoms with Gasteiger partial charge in [0.25, 0.3) is 0 Å². The number of rotatable bonds is 7. The van der Waals surface area contributed by atoms with Crippen molar-refractivity contribution in [1.82, 2.24) is 10.2 Å². The summed E-state index contributed by atoms with van der Waals surface area (Å²) in [6.45, 7) is 6.90. The first-order chi connectivity index (χ1) is 10.2. The number of amides is 1. The van der Waals surface area contributed by atoms with Gasteiger partial charge in [0.2, 0.25) is 5.91 Å². The van der Waals surface area contributed by atoms with Crippen molar-refractivity contribution in [2.75, 3.05) is 13.1 Å². The van der Waals surface area contributed by atoms with Gasteiger partial charge in [0.15, 0.2) is 0 Å². The van der Waals surface area contributed by atoms with E-state index in [1.54, 1.807) is 11.3 Å². The molecule has 0 aliphatic rings. The number of carbonyl (C=O) groups is 1. The summed E-state index contributed by atoms with van der Waals surface area (Å²) in [7, 11) is 0. The average molecular weight is 302 g/mol. The Balaban J connectivity index is 1.81. The zero-order chi connectivity index (χ0) is 15.1. The van der Waals surface area contributed by atoms with Crippen LogP contribution < -0.4 is 5.32 Å². The molecule has 0 fully saturated rings. The van der Waals surface area contributed by atoms with Gasteiger partial charge in [0.1, 0.15) is 0 Å². The highest BCUT2D eigenvalue weighted by Gasteiger charge is 2.10. The van der Waals surface area contributed by atoms with E-state index < -0.39 is 0 Å². The van der Waals surface area contributed by atoms with Crippen molar-refractivity contribution in [2.24, 2.45) is 0 Å². The molecule has 1 N–H and O–H groups in total. The van der Waals surface area contributed by atoms with Crippen LogP contribution in [0.15, 0.2) is 41.8 Å². The highest BCUT2D eigenvalue weighted by Crippen LogP contribution is 2.14. The molecule has 1 aromatic heterocycles. The fraction of sp³-hybridized carbons (Fsp3) is 0.353. The Morgan fingerprint density at radius 3 is 2.62 bits per heavy atom. The molecular weight excluding hydrogens is 280 g/mol. The number of aryl methyl sites for hydroxylation is 1. The highest BCUT2D eigenvalue weighted by atomic mass is 32.1. The van der Waals surface area contributed by atoms with E-state index in [9.17, 15) is 4.79 Å². The summed E-state index contributed by atoms with van der Waals surface area (Å²) in [5.41, 5.74) is 2.48. The predicted octanol–water partition coefficient (Wildman–Crippen LogP) is 3.19. The lowest BCUT2D eigenvalue weighted by Gasteiger charge is -2.19. The van der Waals surface area contributed by atoms with Crippen LogP contribution in [-0.4, -0.2) is 23.9 Å². The molecule has 1 amide bonds. The summed E-state index contributed by atoms with van der Waals surface area (Å²) in [4.78, 5) is 15.4. The van der Waals surface area contributed by atoms with Gasteiger partial charge in [-0.25, -0.2) is 0 Å². The number of nitrogens with zero attached hydrogens (tertiary/aromatic N) is 1. The van der Waals surface area contributed by atoms with Crippen LogP contribution in [-0.2, 0) is 17.9 Å². The first-order valence-electron chi connectivity index (χ1n) is 7.25. The lowest BCUT2D eigenvalue weighted by molar-refractivity contribution is -0.122. The summed E-state index contributed by atoms with van der Waals surface area (Å²) < 4.78 is 0. The van der Waals surface area contributed by atoms with E-state index in [1.807, 2.05) is 18.2 Å². The number of nitrogens with one attached hydrogen (secondary N) is 1. The van der Waals surface area contributed by atoms with Gasteiger partial charge >= 0.3 is 0 Å². The molecule has 0 saturated carbocycles. The maximum Gasteiger partial charge on any atom is 0.234 e. The minimum absolute atomic E-state index is 0.0839. The second kappa shape index (κ2) is 7.96. The molecule has 3 nitrogen and oxygen atoms in total. The van der Waals surface area contributed by atoms with Gasteiger partial charge in [0, 0.05) is 11.4 Å². The Kier molecular flexibility index (Phi) is 5.96. The Morgan fingerprint density at radius 1 is 1.24 bits per heavy atom. The minimum Gasteiger partial charge on any atom is -0.350 e. The van der Waals surface area contributed by atoms with Gasteiger partial charge in [0.05, 0.1) is 13.1 Å². The Hall–Kier alpha value is -1.65. The van der Waals surface area contributed by atoms with Crippen LogP contribution in [0.5, 0.6) is 0 Å². The summed E-state index contributed by atoms with van der Waals surface area (Å²) in [6, 6.07) is 12.3. The third-order valence-electron chi connectivity index (χ3n) is 3.48. The average Bonchev–Trinajstić information content (AvgIpc) is 2.91. The maximum atomic E-state index is 12.1. The Labute approximate surface area is 130 Å². The van der Waals surface area contributed by atoms with Crippen molar-refractivity contribution in [3.8, 4) is 0 Å². The molecule has 112 valence electrons. The SMILES string of the molecule is CCN(CC(=O)NCc1sccc1C)Cc1ccccc1.